The van der Waals surface area contributed by atoms with Gasteiger partial charge in [-0.05, 0) is 19.3 Å². The topological polar surface area (TPSA) is 78.9 Å². The van der Waals surface area contributed by atoms with E-state index in [0.29, 0.717) is 19.3 Å². The van der Waals surface area contributed by atoms with Gasteiger partial charge in [0.15, 0.2) is 6.10 Å². The Hall–Kier alpha value is -1.59. The van der Waals surface area contributed by atoms with Crippen molar-refractivity contribution < 1.29 is 28.6 Å². The van der Waals surface area contributed by atoms with Gasteiger partial charge < -0.3 is 14.2 Å². The zero-order valence-electron chi connectivity index (χ0n) is 52.8. The van der Waals surface area contributed by atoms with E-state index in [-0.39, 0.29) is 31.1 Å². The summed E-state index contributed by atoms with van der Waals surface area (Å²) in [5.41, 5.74) is 0. The van der Waals surface area contributed by atoms with Gasteiger partial charge >= 0.3 is 17.9 Å². The number of ether oxygens (including phenoxy) is 3. The summed E-state index contributed by atoms with van der Waals surface area (Å²) < 4.78 is 16.9. The number of hydrogen-bond donors (Lipinski definition) is 0. The maximum Gasteiger partial charge on any atom is 0.306 e. The Morgan fingerprint density at radius 2 is 0.351 bits per heavy atom. The molecule has 1 unspecified atom stereocenters. The van der Waals surface area contributed by atoms with Crippen molar-refractivity contribution in [2.75, 3.05) is 13.2 Å². The first-order chi connectivity index (χ1) is 38.0. The molecule has 0 amide bonds. The maximum atomic E-state index is 12.9. The zero-order chi connectivity index (χ0) is 55.7. The van der Waals surface area contributed by atoms with Gasteiger partial charge in [-0.15, -0.1) is 0 Å². The van der Waals surface area contributed by atoms with Crippen LogP contribution in [-0.4, -0.2) is 37.2 Å². The van der Waals surface area contributed by atoms with Crippen LogP contribution >= 0.6 is 0 Å². The van der Waals surface area contributed by atoms with Gasteiger partial charge in [-0.3, -0.25) is 14.4 Å². The van der Waals surface area contributed by atoms with Crippen LogP contribution in [0.5, 0.6) is 0 Å². The van der Waals surface area contributed by atoms with Crippen molar-refractivity contribution in [3.8, 4) is 0 Å². The maximum absolute atomic E-state index is 12.9. The molecule has 0 N–H and O–H groups in total. The molecular weight excluding hydrogens is 949 g/mol. The Morgan fingerprint density at radius 1 is 0.208 bits per heavy atom. The molecule has 0 aromatic rings. The molecule has 0 rings (SSSR count). The smallest absolute Gasteiger partial charge is 0.306 e. The predicted octanol–water partition coefficient (Wildman–Crippen LogP) is 24.2. The first kappa shape index (κ1) is 75.4. The van der Waals surface area contributed by atoms with Crippen molar-refractivity contribution in [3.05, 3.63) is 0 Å². The van der Waals surface area contributed by atoms with E-state index in [1.54, 1.807) is 0 Å². The minimum atomic E-state index is -0.762. The van der Waals surface area contributed by atoms with Crippen molar-refractivity contribution in [2.45, 2.75) is 425 Å². The van der Waals surface area contributed by atoms with E-state index >= 15 is 0 Å². The van der Waals surface area contributed by atoms with Crippen LogP contribution in [0.3, 0.4) is 0 Å². The Bertz CT molecular complexity index is 1160. The number of unbranched alkanes of at least 4 members (excludes halogenated alkanes) is 56. The van der Waals surface area contributed by atoms with Gasteiger partial charge in [0, 0.05) is 19.3 Å². The minimum Gasteiger partial charge on any atom is -0.462 e. The second-order valence-electron chi connectivity index (χ2n) is 24.5. The van der Waals surface area contributed by atoms with Gasteiger partial charge in [0.25, 0.3) is 0 Å². The van der Waals surface area contributed by atoms with Crippen LogP contribution in [0.25, 0.3) is 0 Å². The third-order valence-electron chi connectivity index (χ3n) is 16.6. The lowest BCUT2D eigenvalue weighted by atomic mass is 10.0. The van der Waals surface area contributed by atoms with Crippen molar-refractivity contribution in [3.63, 3.8) is 0 Å². The molecule has 0 aliphatic carbocycles. The molecule has 0 aliphatic rings. The van der Waals surface area contributed by atoms with E-state index < -0.39 is 6.10 Å². The standard InChI is InChI=1S/C71H138O6/c1-4-7-10-13-16-19-21-23-25-27-29-31-33-34-35-36-37-38-39-41-42-44-46-48-50-52-55-58-61-64-70(73)76-67-68(66-75-69(72)63-60-57-54-18-15-12-9-6-3)77-71(74)65-62-59-56-53-51-49-47-45-43-40-32-30-28-26-24-22-20-17-14-11-8-5-2/h68H,4-67H2,1-3H3. The SMILES string of the molecule is CCCCCCCCCCCCCCCCCCCCCCCCCCCCCCCC(=O)OCC(COC(=O)CCCCCCCCCC)OC(=O)CCCCCCCCCCCCCCCCCCCCCCCC. The van der Waals surface area contributed by atoms with E-state index in [9.17, 15) is 14.4 Å². The first-order valence-electron chi connectivity index (χ1n) is 35.5. The Labute approximate surface area is 482 Å². The molecular formula is C71H138O6. The van der Waals surface area contributed by atoms with Crippen molar-refractivity contribution in [1.82, 2.24) is 0 Å². The Morgan fingerprint density at radius 3 is 0.519 bits per heavy atom. The molecule has 0 aromatic heterocycles. The number of carbonyl (C=O) groups excluding carboxylic acids is 3. The summed E-state index contributed by atoms with van der Waals surface area (Å²) in [5, 5.41) is 0. The molecule has 0 saturated carbocycles. The van der Waals surface area contributed by atoms with E-state index in [1.165, 1.54) is 321 Å². The highest BCUT2D eigenvalue weighted by atomic mass is 16.6. The van der Waals surface area contributed by atoms with Gasteiger partial charge in [-0.2, -0.15) is 0 Å². The van der Waals surface area contributed by atoms with Crippen LogP contribution < -0.4 is 0 Å². The quantitative estimate of drug-likeness (QED) is 0.0343. The molecule has 1 atom stereocenters. The molecule has 0 radical (unpaired) electrons. The molecule has 77 heavy (non-hydrogen) atoms. The largest absolute Gasteiger partial charge is 0.462 e. The lowest BCUT2D eigenvalue weighted by Crippen LogP contribution is -2.30. The van der Waals surface area contributed by atoms with Crippen molar-refractivity contribution in [1.29, 1.82) is 0 Å². The van der Waals surface area contributed by atoms with E-state index in [2.05, 4.69) is 20.8 Å². The third kappa shape index (κ3) is 65.1. The van der Waals surface area contributed by atoms with Gasteiger partial charge in [-0.1, -0.05) is 380 Å². The number of esters is 3. The van der Waals surface area contributed by atoms with Gasteiger partial charge in [0.2, 0.25) is 0 Å². The molecule has 6 heteroatoms. The molecule has 0 spiro atoms. The number of rotatable bonds is 67. The lowest BCUT2D eigenvalue weighted by molar-refractivity contribution is -0.167. The third-order valence-corrected chi connectivity index (χ3v) is 16.6. The van der Waals surface area contributed by atoms with Gasteiger partial charge in [0.1, 0.15) is 13.2 Å². The van der Waals surface area contributed by atoms with Crippen LogP contribution in [0.2, 0.25) is 0 Å². The van der Waals surface area contributed by atoms with E-state index in [4.69, 9.17) is 14.2 Å². The fourth-order valence-electron chi connectivity index (χ4n) is 11.3. The number of hydrogen-bond acceptors (Lipinski definition) is 6. The second kappa shape index (κ2) is 66.9. The summed E-state index contributed by atoms with van der Waals surface area (Å²) in [5.74, 6) is -0.830. The predicted molar refractivity (Wildman–Crippen MR) is 335 cm³/mol. The molecule has 0 aromatic carbocycles. The minimum absolute atomic E-state index is 0.0610. The zero-order valence-corrected chi connectivity index (χ0v) is 52.8. The van der Waals surface area contributed by atoms with Crippen LogP contribution in [0, 0.1) is 0 Å². The average Bonchev–Trinajstić information content (AvgIpc) is 3.43. The number of carbonyl (C=O) groups is 3. The monoisotopic (exact) mass is 1090 g/mol. The lowest BCUT2D eigenvalue weighted by Gasteiger charge is -2.18. The first-order valence-corrected chi connectivity index (χ1v) is 35.5. The fourth-order valence-corrected chi connectivity index (χ4v) is 11.3. The Kier molecular flexibility index (Phi) is 65.5. The summed E-state index contributed by atoms with van der Waals surface area (Å²) in [6.07, 6.45) is 78.8. The molecule has 0 heterocycles. The highest BCUT2D eigenvalue weighted by molar-refractivity contribution is 5.71. The highest BCUT2D eigenvalue weighted by Crippen LogP contribution is 2.20. The molecule has 458 valence electrons. The van der Waals surface area contributed by atoms with Crippen molar-refractivity contribution in [2.24, 2.45) is 0 Å². The normalized spacial score (nSPS) is 11.9. The average molecular weight is 1090 g/mol. The second-order valence-corrected chi connectivity index (χ2v) is 24.5. The Balaban J connectivity index is 4.01. The van der Waals surface area contributed by atoms with Crippen LogP contribution in [0.15, 0.2) is 0 Å². The summed E-state index contributed by atoms with van der Waals surface area (Å²) in [6, 6.07) is 0. The van der Waals surface area contributed by atoms with Crippen molar-refractivity contribution >= 4 is 17.9 Å². The summed E-state index contributed by atoms with van der Waals surface area (Å²) in [6.45, 7) is 6.71. The molecule has 0 bridgehead atoms. The molecule has 0 aliphatic heterocycles. The van der Waals surface area contributed by atoms with Gasteiger partial charge in [-0.25, -0.2) is 0 Å². The molecule has 0 fully saturated rings. The van der Waals surface area contributed by atoms with E-state index in [1.807, 2.05) is 0 Å². The highest BCUT2D eigenvalue weighted by Gasteiger charge is 2.19. The van der Waals surface area contributed by atoms with Gasteiger partial charge in [0.05, 0.1) is 0 Å². The van der Waals surface area contributed by atoms with Crippen LogP contribution in [0.4, 0.5) is 0 Å². The summed E-state index contributed by atoms with van der Waals surface area (Å²) in [7, 11) is 0. The van der Waals surface area contributed by atoms with Crippen LogP contribution in [0.1, 0.15) is 419 Å². The molecule has 0 saturated heterocycles. The summed E-state index contributed by atoms with van der Waals surface area (Å²) >= 11 is 0. The molecule has 6 nitrogen and oxygen atoms in total. The fraction of sp³-hybridized carbons (Fsp3) is 0.958. The van der Waals surface area contributed by atoms with E-state index in [0.717, 1.165) is 57.8 Å². The summed E-state index contributed by atoms with van der Waals surface area (Å²) in [4.78, 5) is 38.2. The van der Waals surface area contributed by atoms with Crippen LogP contribution in [-0.2, 0) is 28.6 Å².